The monoisotopic (exact) mass is 180 g/mol. The lowest BCUT2D eigenvalue weighted by atomic mass is 10.2. The van der Waals surface area contributed by atoms with Crippen molar-refractivity contribution in [2.75, 3.05) is 0 Å². The number of halogens is 3. The SMILES string of the molecule is NN1C=CC(O)=CC1C(F)(F)F. The van der Waals surface area contributed by atoms with E-state index in [1.807, 2.05) is 0 Å². The molecule has 1 atom stereocenters. The first-order valence-corrected chi connectivity index (χ1v) is 3.10. The summed E-state index contributed by atoms with van der Waals surface area (Å²) >= 11 is 0. The Morgan fingerprint density at radius 2 is 2.08 bits per heavy atom. The number of hydrogen-bond donors (Lipinski definition) is 2. The van der Waals surface area contributed by atoms with Gasteiger partial charge in [0.1, 0.15) is 5.76 Å². The summed E-state index contributed by atoms with van der Waals surface area (Å²) in [5.74, 6) is 4.57. The summed E-state index contributed by atoms with van der Waals surface area (Å²) in [6.07, 6.45) is -1.77. The minimum Gasteiger partial charge on any atom is -0.508 e. The molecule has 1 aliphatic rings. The van der Waals surface area contributed by atoms with Crippen LogP contribution in [0.25, 0.3) is 0 Å². The third kappa shape index (κ3) is 1.70. The molecule has 3 nitrogen and oxygen atoms in total. The Bertz CT molecular complexity index is 233. The lowest BCUT2D eigenvalue weighted by molar-refractivity contribution is -0.165. The van der Waals surface area contributed by atoms with Gasteiger partial charge in [-0.1, -0.05) is 0 Å². The number of rotatable bonds is 0. The summed E-state index contributed by atoms with van der Waals surface area (Å²) in [4.78, 5) is 0. The molecule has 1 heterocycles. The average molecular weight is 180 g/mol. The van der Waals surface area contributed by atoms with Crippen molar-refractivity contribution in [3.63, 3.8) is 0 Å². The summed E-state index contributed by atoms with van der Waals surface area (Å²) in [5.41, 5.74) is 0. The number of aliphatic hydroxyl groups is 1. The quantitative estimate of drug-likeness (QED) is 0.548. The minimum atomic E-state index is -4.46. The summed E-state index contributed by atoms with van der Waals surface area (Å²) in [6.45, 7) is 0. The maximum absolute atomic E-state index is 12.1. The average Bonchev–Trinajstić information content (AvgIpc) is 1.92. The highest BCUT2D eigenvalue weighted by atomic mass is 19.4. The van der Waals surface area contributed by atoms with E-state index in [1.54, 1.807) is 0 Å². The molecule has 0 radical (unpaired) electrons. The van der Waals surface area contributed by atoms with E-state index >= 15 is 0 Å². The Balaban J connectivity index is 2.85. The molecule has 0 aromatic heterocycles. The number of aliphatic hydroxyl groups excluding tert-OH is 1. The van der Waals surface area contributed by atoms with Crippen molar-refractivity contribution >= 4 is 0 Å². The Morgan fingerprint density at radius 3 is 2.50 bits per heavy atom. The first-order valence-electron chi connectivity index (χ1n) is 3.10. The topological polar surface area (TPSA) is 49.5 Å². The predicted molar refractivity (Wildman–Crippen MR) is 35.7 cm³/mol. The smallest absolute Gasteiger partial charge is 0.414 e. The van der Waals surface area contributed by atoms with Crippen molar-refractivity contribution in [2.45, 2.75) is 12.2 Å². The molecule has 0 spiro atoms. The van der Waals surface area contributed by atoms with Crippen LogP contribution >= 0.6 is 0 Å². The number of nitrogens with two attached hydrogens (primary N) is 1. The van der Waals surface area contributed by atoms with Gasteiger partial charge >= 0.3 is 6.18 Å². The second-order valence-corrected chi connectivity index (χ2v) is 2.34. The fraction of sp³-hybridized carbons (Fsp3) is 0.333. The molecule has 12 heavy (non-hydrogen) atoms. The standard InChI is InChI=1S/C6H7F3N2O/c7-6(8,9)5-3-4(12)1-2-11(5)10/h1-3,5,12H,10H2. The number of nitrogens with zero attached hydrogens (tertiary/aromatic N) is 1. The Labute approximate surface area is 66.5 Å². The van der Waals surface area contributed by atoms with Crippen LogP contribution in [0.2, 0.25) is 0 Å². The zero-order chi connectivity index (χ0) is 9.35. The summed E-state index contributed by atoms with van der Waals surface area (Å²) < 4.78 is 36.2. The Morgan fingerprint density at radius 1 is 1.50 bits per heavy atom. The van der Waals surface area contributed by atoms with Gasteiger partial charge in [0.2, 0.25) is 0 Å². The van der Waals surface area contributed by atoms with Crippen LogP contribution in [0.5, 0.6) is 0 Å². The van der Waals surface area contributed by atoms with Gasteiger partial charge in [0.25, 0.3) is 0 Å². The van der Waals surface area contributed by atoms with E-state index in [9.17, 15) is 13.2 Å². The van der Waals surface area contributed by atoms with Gasteiger partial charge in [-0.15, -0.1) is 0 Å². The molecule has 0 aromatic rings. The molecule has 0 aromatic carbocycles. The summed E-state index contributed by atoms with van der Waals surface area (Å²) in [6, 6.07) is -1.94. The van der Waals surface area contributed by atoms with E-state index in [4.69, 9.17) is 10.9 Å². The van der Waals surface area contributed by atoms with Crippen molar-refractivity contribution in [1.29, 1.82) is 0 Å². The number of alkyl halides is 3. The molecule has 0 saturated heterocycles. The molecule has 3 N–H and O–H groups in total. The van der Waals surface area contributed by atoms with E-state index in [-0.39, 0.29) is 0 Å². The highest BCUT2D eigenvalue weighted by molar-refractivity contribution is 5.19. The fourth-order valence-corrected chi connectivity index (χ4v) is 0.822. The molecular formula is C6H7F3N2O. The zero-order valence-corrected chi connectivity index (χ0v) is 5.92. The lowest BCUT2D eigenvalue weighted by Crippen LogP contribution is -2.46. The molecule has 0 fully saturated rings. The van der Waals surface area contributed by atoms with Crippen LogP contribution in [-0.4, -0.2) is 22.3 Å². The van der Waals surface area contributed by atoms with E-state index in [2.05, 4.69) is 0 Å². The van der Waals surface area contributed by atoms with Crippen LogP contribution in [0.1, 0.15) is 0 Å². The first kappa shape index (κ1) is 8.92. The van der Waals surface area contributed by atoms with Crippen LogP contribution in [0.4, 0.5) is 13.2 Å². The molecule has 1 unspecified atom stereocenters. The van der Waals surface area contributed by atoms with Crippen molar-refractivity contribution in [1.82, 2.24) is 5.01 Å². The highest BCUT2D eigenvalue weighted by Crippen LogP contribution is 2.27. The largest absolute Gasteiger partial charge is 0.508 e. The predicted octanol–water partition coefficient (Wildman–Crippen LogP) is 1.06. The van der Waals surface area contributed by atoms with Crippen molar-refractivity contribution in [3.05, 3.63) is 24.1 Å². The van der Waals surface area contributed by atoms with Crippen molar-refractivity contribution < 1.29 is 18.3 Å². The number of hydrogen-bond acceptors (Lipinski definition) is 3. The van der Waals surface area contributed by atoms with E-state index < -0.39 is 18.0 Å². The van der Waals surface area contributed by atoms with Gasteiger partial charge in [-0.3, -0.25) is 0 Å². The van der Waals surface area contributed by atoms with Gasteiger partial charge in [0.05, 0.1) is 0 Å². The van der Waals surface area contributed by atoms with Crippen LogP contribution < -0.4 is 5.84 Å². The van der Waals surface area contributed by atoms with Crippen LogP contribution in [-0.2, 0) is 0 Å². The van der Waals surface area contributed by atoms with Gasteiger partial charge in [-0.25, -0.2) is 5.84 Å². The van der Waals surface area contributed by atoms with E-state index in [1.165, 1.54) is 0 Å². The maximum Gasteiger partial charge on any atom is 0.414 e. The van der Waals surface area contributed by atoms with Crippen LogP contribution in [0.15, 0.2) is 24.1 Å². The molecule has 0 bridgehead atoms. The second kappa shape index (κ2) is 2.71. The molecule has 68 valence electrons. The minimum absolute atomic E-state index is 0.431. The van der Waals surface area contributed by atoms with Gasteiger partial charge < -0.3 is 10.1 Å². The van der Waals surface area contributed by atoms with Gasteiger partial charge in [-0.2, -0.15) is 13.2 Å². The van der Waals surface area contributed by atoms with E-state index in [0.717, 1.165) is 12.3 Å². The highest BCUT2D eigenvalue weighted by Gasteiger charge is 2.42. The van der Waals surface area contributed by atoms with Crippen LogP contribution in [0.3, 0.4) is 0 Å². The Kier molecular flexibility index (Phi) is 2.01. The fourth-order valence-electron chi connectivity index (χ4n) is 0.822. The van der Waals surface area contributed by atoms with Crippen LogP contribution in [0, 0.1) is 0 Å². The molecule has 1 rings (SSSR count). The molecule has 1 aliphatic heterocycles. The molecule has 6 heteroatoms. The van der Waals surface area contributed by atoms with Crippen molar-refractivity contribution in [2.24, 2.45) is 5.84 Å². The summed E-state index contributed by atoms with van der Waals surface area (Å²) in [7, 11) is 0. The number of allylic oxidation sites excluding steroid dienone is 1. The maximum atomic E-state index is 12.1. The van der Waals surface area contributed by atoms with Gasteiger partial charge in [0, 0.05) is 6.20 Å². The third-order valence-electron chi connectivity index (χ3n) is 1.40. The lowest BCUT2D eigenvalue weighted by Gasteiger charge is -2.27. The molecule has 0 aliphatic carbocycles. The molecular weight excluding hydrogens is 173 g/mol. The zero-order valence-electron chi connectivity index (χ0n) is 5.92. The molecule has 0 amide bonds. The first-order chi connectivity index (χ1) is 5.41. The summed E-state index contributed by atoms with van der Waals surface area (Å²) in [5, 5.41) is 9.24. The third-order valence-corrected chi connectivity index (χ3v) is 1.40. The van der Waals surface area contributed by atoms with Crippen molar-refractivity contribution in [3.8, 4) is 0 Å². The number of hydrazine groups is 1. The Hall–Kier alpha value is -1.17. The molecule has 0 saturated carbocycles. The second-order valence-electron chi connectivity index (χ2n) is 2.34. The van der Waals surface area contributed by atoms with E-state index in [0.29, 0.717) is 11.1 Å². The normalized spacial score (nSPS) is 24.2. The van der Waals surface area contributed by atoms with Gasteiger partial charge in [-0.05, 0) is 12.2 Å². The van der Waals surface area contributed by atoms with Gasteiger partial charge in [0.15, 0.2) is 6.04 Å².